The highest BCUT2D eigenvalue weighted by Gasteiger charge is 2.21. The lowest BCUT2D eigenvalue weighted by molar-refractivity contribution is 1.74. The molecule has 4 aromatic carbocycles. The van der Waals surface area contributed by atoms with E-state index in [-0.39, 0.29) is 7.92 Å². The van der Waals surface area contributed by atoms with Crippen molar-refractivity contribution in [2.75, 3.05) is 6.66 Å². The first-order chi connectivity index (χ1) is 13.3. The molecule has 0 aliphatic carbocycles. The summed E-state index contributed by atoms with van der Waals surface area (Å²) in [6, 6.07) is 41.9. The highest BCUT2D eigenvalue weighted by Crippen LogP contribution is 2.37. The molecule has 0 saturated heterocycles. The molecule has 0 heterocycles. The van der Waals surface area contributed by atoms with Gasteiger partial charge >= 0.3 is 0 Å². The fraction of sp³-hybridized carbons (Fsp3) is 0.0400. The van der Waals surface area contributed by atoms with Crippen LogP contribution in [0.15, 0.2) is 115 Å². The van der Waals surface area contributed by atoms with Gasteiger partial charge in [0.1, 0.15) is 0 Å². The van der Waals surface area contributed by atoms with E-state index >= 15 is 0 Å². The molecular weight excluding hydrogens is 362 g/mol. The van der Waals surface area contributed by atoms with Crippen molar-refractivity contribution >= 4 is 42.4 Å². The van der Waals surface area contributed by atoms with Crippen molar-refractivity contribution in [3.63, 3.8) is 0 Å². The molecule has 0 aliphatic rings. The van der Waals surface area contributed by atoms with Crippen LogP contribution >= 0.6 is 15.8 Å². The molecule has 132 valence electrons. The normalized spacial score (nSPS) is 12.1. The fourth-order valence-electron chi connectivity index (χ4n) is 3.31. The lowest BCUT2D eigenvalue weighted by Gasteiger charge is -2.25. The smallest absolute Gasteiger partial charge is 0.00710 e. The van der Waals surface area contributed by atoms with Gasteiger partial charge in [-0.05, 0) is 49.0 Å². The Labute approximate surface area is 164 Å². The quantitative estimate of drug-likeness (QED) is 0.444. The summed E-state index contributed by atoms with van der Waals surface area (Å²) in [4.78, 5) is 0. The van der Waals surface area contributed by atoms with Crippen LogP contribution < -0.4 is 26.5 Å². The van der Waals surface area contributed by atoms with Crippen molar-refractivity contribution in [3.05, 3.63) is 115 Å². The minimum Gasteiger partial charge on any atom is -0.0622 e. The molecule has 0 nitrogen and oxygen atoms in total. The topological polar surface area (TPSA) is 0 Å². The number of hydrogen-bond acceptors (Lipinski definition) is 0. The van der Waals surface area contributed by atoms with Crippen molar-refractivity contribution < 1.29 is 0 Å². The van der Waals surface area contributed by atoms with E-state index in [1.807, 2.05) is 0 Å². The van der Waals surface area contributed by atoms with E-state index in [0.717, 1.165) is 0 Å². The molecule has 27 heavy (non-hydrogen) atoms. The van der Waals surface area contributed by atoms with E-state index < -0.39 is 7.92 Å². The van der Waals surface area contributed by atoms with Gasteiger partial charge in [0.2, 0.25) is 0 Å². The van der Waals surface area contributed by atoms with Crippen molar-refractivity contribution in [2.45, 2.75) is 0 Å². The predicted molar refractivity (Wildman–Crippen MR) is 124 cm³/mol. The molecule has 0 N–H and O–H groups in total. The van der Waals surface area contributed by atoms with Gasteiger partial charge in [-0.1, -0.05) is 115 Å². The van der Waals surface area contributed by atoms with Crippen LogP contribution in [-0.4, -0.2) is 6.66 Å². The van der Waals surface area contributed by atoms with Gasteiger partial charge in [-0.25, -0.2) is 0 Å². The molecule has 0 unspecified atom stereocenters. The van der Waals surface area contributed by atoms with Crippen molar-refractivity contribution in [2.24, 2.45) is 0 Å². The molecule has 0 aromatic heterocycles. The summed E-state index contributed by atoms with van der Waals surface area (Å²) >= 11 is 0. The van der Waals surface area contributed by atoms with Crippen molar-refractivity contribution in [1.82, 2.24) is 0 Å². The number of hydrogen-bond donors (Lipinski definition) is 0. The third-order valence-corrected chi connectivity index (χ3v) is 9.52. The van der Waals surface area contributed by atoms with Crippen LogP contribution in [0.2, 0.25) is 0 Å². The van der Waals surface area contributed by atoms with Crippen molar-refractivity contribution in [1.29, 1.82) is 0 Å². The average molecular weight is 384 g/mol. The maximum atomic E-state index is 2.38. The monoisotopic (exact) mass is 384 g/mol. The zero-order valence-corrected chi connectivity index (χ0v) is 17.2. The highest BCUT2D eigenvalue weighted by molar-refractivity contribution is 7.83. The van der Waals surface area contributed by atoms with Gasteiger partial charge in [0.25, 0.3) is 0 Å². The lowest BCUT2D eigenvalue weighted by atomic mass is 10.3. The maximum Gasteiger partial charge on any atom is -0.00710 e. The fourth-order valence-corrected chi connectivity index (χ4v) is 8.02. The Morgan fingerprint density at radius 1 is 0.407 bits per heavy atom. The summed E-state index contributed by atoms with van der Waals surface area (Å²) in [5.41, 5.74) is 0. The van der Waals surface area contributed by atoms with E-state index in [2.05, 4.69) is 122 Å². The SMILES string of the molecule is C[P@](c1ccccc1)c1ccccc1P(c1ccccc1)c1ccccc1. The van der Waals surface area contributed by atoms with Gasteiger partial charge in [-0.15, -0.1) is 0 Å². The minimum atomic E-state index is -0.573. The maximum absolute atomic E-state index is 2.38. The standard InChI is InChI=1S/C25H22P2/c1-26(21-13-5-2-6-14-21)24-19-11-12-20-25(24)27(22-15-7-3-8-16-22)23-17-9-4-10-18-23/h2-20H,1H3/t26-/m1/s1. The minimum absolute atomic E-state index is 0.389. The van der Waals surface area contributed by atoms with Gasteiger partial charge < -0.3 is 0 Å². The first-order valence-electron chi connectivity index (χ1n) is 9.12. The van der Waals surface area contributed by atoms with Crippen LogP contribution in [0.25, 0.3) is 0 Å². The Morgan fingerprint density at radius 2 is 0.778 bits per heavy atom. The molecular formula is C25H22P2. The van der Waals surface area contributed by atoms with Crippen LogP contribution in [0.4, 0.5) is 0 Å². The van der Waals surface area contributed by atoms with E-state index in [1.54, 1.807) is 0 Å². The van der Waals surface area contributed by atoms with Gasteiger partial charge in [0.05, 0.1) is 0 Å². The number of rotatable bonds is 5. The molecule has 0 bridgehead atoms. The second-order valence-electron chi connectivity index (χ2n) is 6.39. The molecule has 0 radical (unpaired) electrons. The van der Waals surface area contributed by atoms with Crippen LogP contribution in [0.5, 0.6) is 0 Å². The lowest BCUT2D eigenvalue weighted by Crippen LogP contribution is -2.31. The Hall–Kier alpha value is -2.26. The number of benzene rings is 4. The van der Waals surface area contributed by atoms with Crippen LogP contribution in [0.1, 0.15) is 0 Å². The Morgan fingerprint density at radius 3 is 1.26 bits per heavy atom. The molecule has 0 aliphatic heterocycles. The molecule has 4 rings (SSSR count). The predicted octanol–water partition coefficient (Wildman–Crippen LogP) is 4.51. The van der Waals surface area contributed by atoms with Gasteiger partial charge in [-0.2, -0.15) is 0 Å². The highest BCUT2D eigenvalue weighted by atomic mass is 31.1. The molecule has 2 heteroatoms. The first kappa shape index (κ1) is 18.1. The first-order valence-corrected chi connectivity index (χ1v) is 12.3. The molecule has 0 saturated carbocycles. The zero-order valence-electron chi connectivity index (χ0n) is 15.4. The van der Waals surface area contributed by atoms with E-state index in [0.29, 0.717) is 0 Å². The van der Waals surface area contributed by atoms with Gasteiger partial charge in [0, 0.05) is 0 Å². The molecule has 4 aromatic rings. The summed E-state index contributed by atoms with van der Waals surface area (Å²) in [6.07, 6.45) is 0. The zero-order chi connectivity index (χ0) is 18.5. The second kappa shape index (κ2) is 8.62. The molecule has 0 fully saturated rings. The summed E-state index contributed by atoms with van der Waals surface area (Å²) in [7, 11) is -0.962. The molecule has 0 spiro atoms. The molecule has 1 atom stereocenters. The second-order valence-corrected chi connectivity index (χ2v) is 10.7. The Bertz CT molecular complexity index is 943. The van der Waals surface area contributed by atoms with E-state index in [9.17, 15) is 0 Å². The summed E-state index contributed by atoms with van der Waals surface area (Å²) in [6.45, 7) is 2.38. The summed E-state index contributed by atoms with van der Waals surface area (Å²) in [5, 5.41) is 7.20. The third kappa shape index (κ3) is 4.03. The third-order valence-electron chi connectivity index (χ3n) is 4.66. The van der Waals surface area contributed by atoms with Crippen LogP contribution in [0, 0.1) is 0 Å². The van der Waals surface area contributed by atoms with Crippen LogP contribution in [0.3, 0.4) is 0 Å². The Kier molecular flexibility index (Phi) is 5.78. The van der Waals surface area contributed by atoms with Gasteiger partial charge in [-0.3, -0.25) is 0 Å². The molecule has 0 amide bonds. The summed E-state index contributed by atoms with van der Waals surface area (Å²) < 4.78 is 0. The van der Waals surface area contributed by atoms with E-state index in [4.69, 9.17) is 0 Å². The summed E-state index contributed by atoms with van der Waals surface area (Å²) in [5.74, 6) is 0. The van der Waals surface area contributed by atoms with Gasteiger partial charge in [0.15, 0.2) is 0 Å². The van der Waals surface area contributed by atoms with Crippen molar-refractivity contribution in [3.8, 4) is 0 Å². The van der Waals surface area contributed by atoms with Crippen LogP contribution in [-0.2, 0) is 0 Å². The largest absolute Gasteiger partial charge is 0.0622 e. The average Bonchev–Trinajstić information content (AvgIpc) is 2.76. The van der Waals surface area contributed by atoms with E-state index in [1.165, 1.54) is 26.5 Å². The Balaban J connectivity index is 1.87.